The van der Waals surface area contributed by atoms with Crippen molar-refractivity contribution in [1.29, 1.82) is 0 Å². The van der Waals surface area contributed by atoms with Crippen LogP contribution in [0, 0.1) is 11.8 Å². The summed E-state index contributed by atoms with van der Waals surface area (Å²) in [6.45, 7) is 7.71. The molecule has 4 aromatic rings. The van der Waals surface area contributed by atoms with E-state index in [1.54, 1.807) is 11.1 Å². The molecule has 2 aromatic heterocycles. The van der Waals surface area contributed by atoms with Gasteiger partial charge in [0.2, 0.25) is 0 Å². The summed E-state index contributed by atoms with van der Waals surface area (Å²) in [4.78, 5) is 31.2. The zero-order valence-corrected chi connectivity index (χ0v) is 22.8. The van der Waals surface area contributed by atoms with Crippen molar-refractivity contribution in [2.75, 3.05) is 26.7 Å². The first-order valence-electron chi connectivity index (χ1n) is 14.1. The molecule has 3 aliphatic heterocycles. The Kier molecular flexibility index (Phi) is 6.98. The van der Waals surface area contributed by atoms with E-state index in [9.17, 15) is 0 Å². The number of rotatable bonds is 3. The van der Waals surface area contributed by atoms with Crippen LogP contribution in [0.4, 0.5) is 0 Å². The Balaban J connectivity index is 0.000000438. The summed E-state index contributed by atoms with van der Waals surface area (Å²) in [5.41, 5.74) is 8.62. The fraction of sp³-hybridized carbons (Fsp3) is 0.375. The maximum atomic E-state index is 9.10. The minimum absolute atomic E-state index is 0.445. The number of piperidine rings is 1. The maximum Gasteiger partial charge on any atom is 0.414 e. The molecule has 3 aliphatic rings. The summed E-state index contributed by atoms with van der Waals surface area (Å²) < 4.78 is 0. The summed E-state index contributed by atoms with van der Waals surface area (Å²) in [5.74, 6) is -2.48. The van der Waals surface area contributed by atoms with Gasteiger partial charge in [0, 0.05) is 52.8 Å². The predicted octanol–water partition coefficient (Wildman–Crippen LogP) is 5.15. The molecule has 0 amide bonds. The van der Waals surface area contributed by atoms with Crippen molar-refractivity contribution < 1.29 is 19.8 Å². The first-order chi connectivity index (χ1) is 19.4. The van der Waals surface area contributed by atoms with Crippen LogP contribution < -0.4 is 0 Å². The van der Waals surface area contributed by atoms with Crippen molar-refractivity contribution in [3.63, 3.8) is 0 Å². The number of likely N-dealkylation sites (N-methyl/N-ethyl adjacent to an activating group) is 1. The third kappa shape index (κ3) is 4.61. The average Bonchev–Trinajstić information content (AvgIpc) is 3.53. The molecule has 4 N–H and O–H groups in total. The van der Waals surface area contributed by atoms with Gasteiger partial charge in [-0.3, -0.25) is 9.80 Å². The molecule has 7 rings (SSSR count). The Bertz CT molecular complexity index is 1570. The number of fused-ring (bicyclic) bond motifs is 8. The molecule has 0 unspecified atom stereocenters. The lowest BCUT2D eigenvalue weighted by molar-refractivity contribution is -0.159. The highest BCUT2D eigenvalue weighted by Gasteiger charge is 2.41. The van der Waals surface area contributed by atoms with Gasteiger partial charge in [-0.1, -0.05) is 42.5 Å². The average molecular weight is 541 g/mol. The van der Waals surface area contributed by atoms with Crippen molar-refractivity contribution in [2.45, 2.75) is 37.8 Å². The molecule has 40 heavy (non-hydrogen) atoms. The number of aromatic nitrogens is 2. The molecule has 4 atom stereocenters. The van der Waals surface area contributed by atoms with E-state index >= 15 is 0 Å². The molecule has 8 heteroatoms. The number of nitrogens with one attached hydrogen (secondary N) is 2. The summed E-state index contributed by atoms with van der Waals surface area (Å²) in [6.07, 6.45) is 6.92. The van der Waals surface area contributed by atoms with Crippen LogP contribution in [-0.4, -0.2) is 68.6 Å². The third-order valence-electron chi connectivity index (χ3n) is 9.28. The lowest BCUT2D eigenvalue weighted by Gasteiger charge is -2.47. The van der Waals surface area contributed by atoms with Gasteiger partial charge in [-0.2, -0.15) is 0 Å². The molecule has 2 aromatic carbocycles. The van der Waals surface area contributed by atoms with Crippen molar-refractivity contribution >= 4 is 33.7 Å². The van der Waals surface area contributed by atoms with Gasteiger partial charge in [0.1, 0.15) is 0 Å². The van der Waals surface area contributed by atoms with Crippen LogP contribution in [0.5, 0.6) is 0 Å². The molecule has 0 saturated carbocycles. The molecule has 0 aliphatic carbocycles. The van der Waals surface area contributed by atoms with E-state index in [4.69, 9.17) is 19.8 Å². The molecule has 0 radical (unpaired) electrons. The zero-order chi connectivity index (χ0) is 28.0. The number of hydrogen-bond donors (Lipinski definition) is 4. The topological polar surface area (TPSA) is 113 Å². The largest absolute Gasteiger partial charge is 0.473 e. The Morgan fingerprint density at radius 3 is 2.12 bits per heavy atom. The summed E-state index contributed by atoms with van der Waals surface area (Å²) in [7, 11) is 2.31. The number of aliphatic carboxylic acids is 2. The highest BCUT2D eigenvalue weighted by molar-refractivity contribution is 6.27. The van der Waals surface area contributed by atoms with Gasteiger partial charge in [0.15, 0.2) is 0 Å². The highest BCUT2D eigenvalue weighted by atomic mass is 16.4. The van der Waals surface area contributed by atoms with Crippen molar-refractivity contribution in [3.8, 4) is 0 Å². The van der Waals surface area contributed by atoms with Gasteiger partial charge in [-0.25, -0.2) is 9.59 Å². The highest BCUT2D eigenvalue weighted by Crippen LogP contribution is 2.47. The van der Waals surface area contributed by atoms with Crippen LogP contribution >= 0.6 is 0 Å². The molecular weight excluding hydrogens is 504 g/mol. The van der Waals surface area contributed by atoms with Crippen LogP contribution in [0.15, 0.2) is 61.2 Å². The third-order valence-corrected chi connectivity index (χ3v) is 9.28. The molecular formula is C32H36N4O4. The second kappa shape index (κ2) is 10.6. The number of carboxylic acids is 2. The van der Waals surface area contributed by atoms with Crippen LogP contribution in [-0.2, 0) is 22.4 Å². The second-order valence-corrected chi connectivity index (χ2v) is 11.4. The smallest absolute Gasteiger partial charge is 0.414 e. The molecule has 5 heterocycles. The van der Waals surface area contributed by atoms with Crippen LogP contribution in [0.1, 0.15) is 47.4 Å². The number of aromatic amines is 2. The number of carboxylic acid groups (broad SMARTS) is 2. The fourth-order valence-electron chi connectivity index (χ4n) is 7.30. The summed E-state index contributed by atoms with van der Waals surface area (Å²) in [6, 6.07) is 18.6. The first-order valence-corrected chi connectivity index (χ1v) is 14.1. The predicted molar refractivity (Wildman–Crippen MR) is 155 cm³/mol. The van der Waals surface area contributed by atoms with Crippen molar-refractivity contribution in [1.82, 2.24) is 19.8 Å². The molecule has 0 spiro atoms. The number of H-pyrrole nitrogens is 2. The number of hydrogen-bond acceptors (Lipinski definition) is 4. The van der Waals surface area contributed by atoms with Crippen molar-refractivity contribution in [3.05, 3.63) is 83.7 Å². The van der Waals surface area contributed by atoms with Gasteiger partial charge in [0.05, 0.1) is 12.1 Å². The van der Waals surface area contributed by atoms with Gasteiger partial charge in [-0.15, -0.1) is 6.58 Å². The van der Waals surface area contributed by atoms with E-state index in [1.165, 1.54) is 46.0 Å². The number of carbonyl (C=O) groups is 2. The SMILES string of the molecule is C=C[C@H]1CN2CCc3c([nH]c4ccccc34)[C@@H]2C[C@H]1C[C@H]1c2[nH]c3ccccc3c2CCN1C.O=C(O)C(=O)O. The second-order valence-electron chi connectivity index (χ2n) is 11.4. The Morgan fingerprint density at radius 1 is 0.925 bits per heavy atom. The minimum atomic E-state index is -1.82. The van der Waals surface area contributed by atoms with Crippen LogP contribution in [0.25, 0.3) is 21.8 Å². The quantitative estimate of drug-likeness (QED) is 0.211. The Morgan fingerprint density at radius 2 is 1.50 bits per heavy atom. The van der Waals surface area contributed by atoms with E-state index < -0.39 is 11.9 Å². The monoisotopic (exact) mass is 540 g/mol. The number of nitrogens with zero attached hydrogens (tertiary/aromatic N) is 2. The van der Waals surface area contributed by atoms with E-state index in [2.05, 4.69) is 88.0 Å². The van der Waals surface area contributed by atoms with Crippen LogP contribution in [0.3, 0.4) is 0 Å². The number of benzene rings is 2. The van der Waals surface area contributed by atoms with E-state index in [0.29, 0.717) is 23.9 Å². The zero-order valence-electron chi connectivity index (χ0n) is 22.8. The normalized spacial score (nSPS) is 24.4. The number of para-hydroxylation sites is 2. The van der Waals surface area contributed by atoms with Crippen molar-refractivity contribution in [2.24, 2.45) is 11.8 Å². The van der Waals surface area contributed by atoms with Gasteiger partial charge >= 0.3 is 11.9 Å². The fourth-order valence-corrected chi connectivity index (χ4v) is 7.30. The molecule has 8 nitrogen and oxygen atoms in total. The van der Waals surface area contributed by atoms with Gasteiger partial charge in [0.25, 0.3) is 0 Å². The molecule has 1 saturated heterocycles. The lowest BCUT2D eigenvalue weighted by atomic mass is 9.74. The van der Waals surface area contributed by atoms with E-state index in [1.807, 2.05) is 0 Å². The first kappa shape index (κ1) is 26.3. The minimum Gasteiger partial charge on any atom is -0.473 e. The summed E-state index contributed by atoms with van der Waals surface area (Å²) >= 11 is 0. The molecule has 208 valence electrons. The molecule has 0 bridgehead atoms. The van der Waals surface area contributed by atoms with Gasteiger partial charge < -0.3 is 20.2 Å². The van der Waals surface area contributed by atoms with E-state index in [-0.39, 0.29) is 0 Å². The molecule has 1 fully saturated rings. The maximum absolute atomic E-state index is 9.10. The van der Waals surface area contributed by atoms with E-state index in [0.717, 1.165) is 32.5 Å². The lowest BCUT2D eigenvalue weighted by Crippen LogP contribution is -2.46. The van der Waals surface area contributed by atoms with Crippen LogP contribution in [0.2, 0.25) is 0 Å². The Labute approximate surface area is 233 Å². The standard InChI is InChI=1S/C30H34N4.C2H2O4/c1-3-19-18-34-15-13-24-22-9-5-7-11-26(22)32-30(24)28(34)17-20(19)16-27-29-23(12-14-33(27)2)21-8-4-6-10-25(21)31-29;3-1(4)2(5)6/h3-11,19-20,27-28,31-32H,1,12-18H2,2H3;(H,3,4)(H,5,6)/t19-,20+,27-,28-;/m0./s1. The summed E-state index contributed by atoms with van der Waals surface area (Å²) in [5, 5.41) is 17.6. The Hall–Kier alpha value is -3.88. The van der Waals surface area contributed by atoms with Gasteiger partial charge in [-0.05, 0) is 67.8 Å².